The molecule has 1 fully saturated rings. The van der Waals surface area contributed by atoms with Gasteiger partial charge in [-0.25, -0.2) is 0 Å². The Balaban J connectivity index is 1.82. The lowest BCUT2D eigenvalue weighted by Crippen LogP contribution is -1.98. The maximum atomic E-state index is 4.41. The summed E-state index contributed by atoms with van der Waals surface area (Å²) in [6, 6.07) is 8.57. The van der Waals surface area contributed by atoms with Gasteiger partial charge in [-0.05, 0) is 59.0 Å². The predicted octanol–water partition coefficient (Wildman–Crippen LogP) is 3.56. The second-order valence-electron chi connectivity index (χ2n) is 4.40. The van der Waals surface area contributed by atoms with Gasteiger partial charge >= 0.3 is 0 Å². The first kappa shape index (κ1) is 10.3. The van der Waals surface area contributed by atoms with Crippen LogP contribution >= 0.6 is 22.6 Å². The first-order valence-electron chi connectivity index (χ1n) is 5.60. The molecular formula is C13H13IN2. The predicted molar refractivity (Wildman–Crippen MR) is 73.1 cm³/mol. The second kappa shape index (κ2) is 4.20. The van der Waals surface area contributed by atoms with Gasteiger partial charge < -0.3 is 0 Å². The molecule has 0 radical (unpaired) electrons. The third-order valence-corrected chi connectivity index (χ3v) is 3.67. The van der Waals surface area contributed by atoms with E-state index in [4.69, 9.17) is 0 Å². The lowest BCUT2D eigenvalue weighted by Gasteiger charge is -1.98. The highest BCUT2D eigenvalue weighted by Crippen LogP contribution is 2.30. The smallest absolute Gasteiger partial charge is 0.0568 e. The Morgan fingerprint density at radius 1 is 1.19 bits per heavy atom. The number of benzene rings is 1. The summed E-state index contributed by atoms with van der Waals surface area (Å²) in [7, 11) is 0. The minimum Gasteiger partial charge on any atom is -0.272 e. The number of nitrogens with zero attached hydrogens (tertiary/aromatic N) is 2. The van der Waals surface area contributed by atoms with Gasteiger partial charge in [0.15, 0.2) is 0 Å². The van der Waals surface area contributed by atoms with Crippen LogP contribution in [0.1, 0.15) is 12.8 Å². The number of aromatic nitrogens is 2. The molecule has 82 valence electrons. The first-order valence-corrected chi connectivity index (χ1v) is 6.67. The Labute approximate surface area is 109 Å². The third kappa shape index (κ3) is 2.29. The van der Waals surface area contributed by atoms with E-state index in [9.17, 15) is 0 Å². The molecule has 1 aromatic heterocycles. The molecule has 0 aliphatic heterocycles. The maximum Gasteiger partial charge on any atom is 0.0568 e. The zero-order chi connectivity index (χ0) is 11.0. The van der Waals surface area contributed by atoms with Crippen LogP contribution in [0.4, 0.5) is 0 Å². The molecule has 1 aromatic carbocycles. The van der Waals surface area contributed by atoms with Crippen LogP contribution in [-0.4, -0.2) is 9.78 Å². The second-order valence-corrected chi connectivity index (χ2v) is 5.65. The van der Waals surface area contributed by atoms with E-state index in [0.717, 1.165) is 12.5 Å². The fourth-order valence-corrected chi connectivity index (χ4v) is 2.18. The number of hydrogen-bond donors (Lipinski definition) is 0. The molecule has 0 unspecified atom stereocenters. The average molecular weight is 324 g/mol. The van der Waals surface area contributed by atoms with Crippen molar-refractivity contribution in [1.29, 1.82) is 0 Å². The van der Waals surface area contributed by atoms with E-state index in [1.807, 2.05) is 6.20 Å². The lowest BCUT2D eigenvalue weighted by molar-refractivity contribution is 0.563. The largest absolute Gasteiger partial charge is 0.272 e. The van der Waals surface area contributed by atoms with E-state index < -0.39 is 0 Å². The van der Waals surface area contributed by atoms with Crippen LogP contribution in [0.5, 0.6) is 0 Å². The topological polar surface area (TPSA) is 17.8 Å². The Hall–Kier alpha value is -0.840. The van der Waals surface area contributed by atoms with Gasteiger partial charge in [0.1, 0.15) is 0 Å². The summed E-state index contributed by atoms with van der Waals surface area (Å²) in [4.78, 5) is 0. The summed E-state index contributed by atoms with van der Waals surface area (Å²) in [6.45, 7) is 1.09. The average Bonchev–Trinajstić information content (AvgIpc) is 2.97. The number of halogens is 1. The number of hydrogen-bond acceptors (Lipinski definition) is 1. The van der Waals surface area contributed by atoms with Crippen LogP contribution in [0.15, 0.2) is 36.7 Å². The van der Waals surface area contributed by atoms with Gasteiger partial charge in [0.05, 0.1) is 6.20 Å². The summed E-state index contributed by atoms with van der Waals surface area (Å²) in [5, 5.41) is 4.41. The van der Waals surface area contributed by atoms with E-state index >= 15 is 0 Å². The normalized spacial score (nSPS) is 15.3. The van der Waals surface area contributed by atoms with Gasteiger partial charge in [0.2, 0.25) is 0 Å². The van der Waals surface area contributed by atoms with Crippen LogP contribution in [0.3, 0.4) is 0 Å². The van der Waals surface area contributed by atoms with Gasteiger partial charge in [0, 0.05) is 21.9 Å². The fraction of sp³-hybridized carbons (Fsp3) is 0.308. The third-order valence-electron chi connectivity index (χ3n) is 2.95. The quantitative estimate of drug-likeness (QED) is 0.790. The van der Waals surface area contributed by atoms with Crippen LogP contribution in [0.2, 0.25) is 0 Å². The van der Waals surface area contributed by atoms with Crippen molar-refractivity contribution in [3.8, 4) is 11.1 Å². The van der Waals surface area contributed by atoms with Gasteiger partial charge in [-0.2, -0.15) is 5.10 Å². The molecule has 0 bridgehead atoms. The molecule has 2 nitrogen and oxygen atoms in total. The van der Waals surface area contributed by atoms with Crippen LogP contribution in [0, 0.1) is 9.49 Å². The summed E-state index contributed by atoms with van der Waals surface area (Å²) in [5.41, 5.74) is 2.47. The first-order chi connectivity index (χ1) is 7.81. The van der Waals surface area contributed by atoms with E-state index in [0.29, 0.717) is 0 Å². The molecule has 1 saturated carbocycles. The van der Waals surface area contributed by atoms with Crippen molar-refractivity contribution in [3.05, 3.63) is 40.2 Å². The zero-order valence-electron chi connectivity index (χ0n) is 8.94. The molecule has 16 heavy (non-hydrogen) atoms. The molecule has 3 heteroatoms. The van der Waals surface area contributed by atoms with Crippen molar-refractivity contribution < 1.29 is 0 Å². The van der Waals surface area contributed by atoms with Crippen LogP contribution < -0.4 is 0 Å². The molecule has 0 atom stereocenters. The van der Waals surface area contributed by atoms with Gasteiger partial charge in [-0.3, -0.25) is 4.68 Å². The van der Waals surface area contributed by atoms with E-state index in [2.05, 4.69) is 62.8 Å². The van der Waals surface area contributed by atoms with Gasteiger partial charge in [-0.15, -0.1) is 0 Å². The van der Waals surface area contributed by atoms with Crippen molar-refractivity contribution >= 4 is 22.6 Å². The van der Waals surface area contributed by atoms with Crippen molar-refractivity contribution in [1.82, 2.24) is 9.78 Å². The Kier molecular flexibility index (Phi) is 2.71. The minimum absolute atomic E-state index is 0.879. The molecule has 1 aliphatic rings. The van der Waals surface area contributed by atoms with E-state index in [1.165, 1.54) is 27.5 Å². The van der Waals surface area contributed by atoms with E-state index in [-0.39, 0.29) is 0 Å². The molecule has 3 rings (SSSR count). The van der Waals surface area contributed by atoms with Gasteiger partial charge in [0.25, 0.3) is 0 Å². The van der Waals surface area contributed by atoms with Crippen LogP contribution in [0.25, 0.3) is 11.1 Å². The van der Waals surface area contributed by atoms with Crippen molar-refractivity contribution in [2.45, 2.75) is 19.4 Å². The molecule has 0 saturated heterocycles. The van der Waals surface area contributed by atoms with Crippen molar-refractivity contribution in [2.75, 3.05) is 0 Å². The van der Waals surface area contributed by atoms with Crippen LogP contribution in [-0.2, 0) is 6.54 Å². The number of rotatable bonds is 3. The summed E-state index contributed by atoms with van der Waals surface area (Å²) < 4.78 is 3.34. The molecule has 0 amide bonds. The molecule has 1 heterocycles. The maximum absolute atomic E-state index is 4.41. The van der Waals surface area contributed by atoms with E-state index in [1.54, 1.807) is 0 Å². The Morgan fingerprint density at radius 2 is 1.94 bits per heavy atom. The van der Waals surface area contributed by atoms with Crippen molar-refractivity contribution in [2.24, 2.45) is 5.92 Å². The highest BCUT2D eigenvalue weighted by Gasteiger charge is 2.21. The SMILES string of the molecule is Ic1ccc(-c2cnn(CC3CC3)c2)cc1. The highest BCUT2D eigenvalue weighted by molar-refractivity contribution is 14.1. The van der Waals surface area contributed by atoms with Crippen molar-refractivity contribution in [3.63, 3.8) is 0 Å². The molecule has 0 N–H and O–H groups in total. The molecular weight excluding hydrogens is 311 g/mol. The van der Waals surface area contributed by atoms with Gasteiger partial charge in [-0.1, -0.05) is 12.1 Å². The standard InChI is InChI=1S/C13H13IN2/c14-13-5-3-11(4-6-13)12-7-15-16(9-12)8-10-1-2-10/h3-7,9-10H,1-2,8H2. The molecule has 0 spiro atoms. The Bertz CT molecular complexity index is 483. The summed E-state index contributed by atoms with van der Waals surface area (Å²) in [6.07, 6.45) is 6.86. The fourth-order valence-electron chi connectivity index (χ4n) is 1.82. The summed E-state index contributed by atoms with van der Waals surface area (Å²) in [5.74, 6) is 0.879. The molecule has 1 aliphatic carbocycles. The highest BCUT2D eigenvalue weighted by atomic mass is 127. The lowest BCUT2D eigenvalue weighted by atomic mass is 10.1. The Morgan fingerprint density at radius 3 is 2.62 bits per heavy atom. The molecule has 2 aromatic rings. The zero-order valence-corrected chi connectivity index (χ0v) is 11.1. The minimum atomic E-state index is 0.879. The monoisotopic (exact) mass is 324 g/mol. The summed E-state index contributed by atoms with van der Waals surface area (Å²) >= 11 is 2.32.